The molecule has 3 rings (SSSR count). The number of hydrogen-bond donors (Lipinski definition) is 0. The van der Waals surface area contributed by atoms with Crippen LogP contribution in [0.1, 0.15) is 5.56 Å². The smallest absolute Gasteiger partial charge is 0.161 e. The van der Waals surface area contributed by atoms with E-state index in [9.17, 15) is 4.39 Å². The molecular formula is C15H13FO2. The van der Waals surface area contributed by atoms with Gasteiger partial charge in [0.1, 0.15) is 19.0 Å². The van der Waals surface area contributed by atoms with Crippen molar-refractivity contribution in [1.29, 1.82) is 0 Å². The van der Waals surface area contributed by atoms with Crippen LogP contribution in [0.2, 0.25) is 0 Å². The molecule has 18 heavy (non-hydrogen) atoms. The topological polar surface area (TPSA) is 18.5 Å². The van der Waals surface area contributed by atoms with Crippen LogP contribution in [0.15, 0.2) is 36.4 Å². The zero-order chi connectivity index (χ0) is 12.5. The third-order valence-electron chi connectivity index (χ3n) is 3.05. The Balaban J connectivity index is 2.09. The molecule has 0 aromatic heterocycles. The standard InChI is InChI=1S/C15H13FO2/c1-10-2-4-12(16)9-13(10)11-3-5-14-15(8-11)18-7-6-17-14/h2-5,8-9H,6-7H2,1H3. The molecule has 0 radical (unpaired) electrons. The van der Waals surface area contributed by atoms with Crippen LogP contribution in [0.25, 0.3) is 11.1 Å². The molecule has 0 unspecified atom stereocenters. The highest BCUT2D eigenvalue weighted by atomic mass is 19.1. The molecule has 0 atom stereocenters. The average molecular weight is 244 g/mol. The molecule has 0 aliphatic carbocycles. The second-order valence-corrected chi connectivity index (χ2v) is 4.32. The monoisotopic (exact) mass is 244 g/mol. The van der Waals surface area contributed by atoms with Crippen LogP contribution in [0.5, 0.6) is 11.5 Å². The number of benzene rings is 2. The third-order valence-corrected chi connectivity index (χ3v) is 3.05. The zero-order valence-corrected chi connectivity index (χ0v) is 10.1. The minimum absolute atomic E-state index is 0.231. The maximum Gasteiger partial charge on any atom is 0.161 e. The molecule has 1 aliphatic rings. The molecule has 2 aromatic rings. The van der Waals surface area contributed by atoms with E-state index in [-0.39, 0.29) is 5.82 Å². The molecule has 0 fully saturated rings. The second kappa shape index (κ2) is 4.33. The molecule has 2 nitrogen and oxygen atoms in total. The first-order valence-corrected chi connectivity index (χ1v) is 5.90. The largest absolute Gasteiger partial charge is 0.486 e. The van der Waals surface area contributed by atoms with Crippen LogP contribution in [0.3, 0.4) is 0 Å². The van der Waals surface area contributed by atoms with Crippen molar-refractivity contribution >= 4 is 0 Å². The summed E-state index contributed by atoms with van der Waals surface area (Å²) in [5, 5.41) is 0. The Kier molecular flexibility index (Phi) is 2.67. The van der Waals surface area contributed by atoms with E-state index in [0.717, 1.165) is 28.2 Å². The molecule has 1 aliphatic heterocycles. The van der Waals surface area contributed by atoms with Gasteiger partial charge in [-0.2, -0.15) is 0 Å². The van der Waals surface area contributed by atoms with Gasteiger partial charge in [-0.1, -0.05) is 12.1 Å². The molecule has 0 saturated heterocycles. The van der Waals surface area contributed by atoms with Crippen molar-refractivity contribution in [2.45, 2.75) is 6.92 Å². The van der Waals surface area contributed by atoms with E-state index in [1.54, 1.807) is 12.1 Å². The van der Waals surface area contributed by atoms with Gasteiger partial charge in [-0.05, 0) is 47.9 Å². The molecule has 1 heterocycles. The molecule has 0 spiro atoms. The lowest BCUT2D eigenvalue weighted by molar-refractivity contribution is 0.171. The maximum atomic E-state index is 13.3. The van der Waals surface area contributed by atoms with Crippen LogP contribution in [-0.2, 0) is 0 Å². The first kappa shape index (κ1) is 11.1. The van der Waals surface area contributed by atoms with E-state index in [0.29, 0.717) is 13.2 Å². The quantitative estimate of drug-likeness (QED) is 0.763. The lowest BCUT2D eigenvalue weighted by atomic mass is 10.00. The molecule has 0 bridgehead atoms. The predicted octanol–water partition coefficient (Wildman–Crippen LogP) is 3.57. The average Bonchev–Trinajstić information content (AvgIpc) is 2.41. The Hall–Kier alpha value is -2.03. The summed E-state index contributed by atoms with van der Waals surface area (Å²) in [6.45, 7) is 3.09. The van der Waals surface area contributed by atoms with E-state index >= 15 is 0 Å². The van der Waals surface area contributed by atoms with Gasteiger partial charge in [-0.25, -0.2) is 4.39 Å². The molecule has 0 N–H and O–H groups in total. The molecule has 92 valence electrons. The summed E-state index contributed by atoms with van der Waals surface area (Å²) in [6, 6.07) is 10.5. The van der Waals surface area contributed by atoms with E-state index < -0.39 is 0 Å². The number of ether oxygens (including phenoxy) is 2. The Labute approximate surface area is 105 Å². The molecule has 3 heteroatoms. The van der Waals surface area contributed by atoms with E-state index in [4.69, 9.17) is 9.47 Å². The molecule has 0 saturated carbocycles. The third kappa shape index (κ3) is 1.92. The fraction of sp³-hybridized carbons (Fsp3) is 0.200. The van der Waals surface area contributed by atoms with Crippen LogP contribution < -0.4 is 9.47 Å². The number of fused-ring (bicyclic) bond motifs is 1. The van der Waals surface area contributed by atoms with Crippen molar-refractivity contribution in [3.63, 3.8) is 0 Å². The van der Waals surface area contributed by atoms with Gasteiger partial charge in [0.2, 0.25) is 0 Å². The van der Waals surface area contributed by atoms with E-state index in [1.807, 2.05) is 25.1 Å². The van der Waals surface area contributed by atoms with Crippen LogP contribution >= 0.6 is 0 Å². The Morgan fingerprint density at radius 3 is 2.56 bits per heavy atom. The van der Waals surface area contributed by atoms with Crippen molar-refractivity contribution < 1.29 is 13.9 Å². The first-order valence-electron chi connectivity index (χ1n) is 5.90. The highest BCUT2D eigenvalue weighted by Gasteiger charge is 2.13. The number of halogens is 1. The van der Waals surface area contributed by atoms with Crippen LogP contribution in [0.4, 0.5) is 4.39 Å². The molecular weight excluding hydrogens is 231 g/mol. The van der Waals surface area contributed by atoms with Gasteiger partial charge >= 0.3 is 0 Å². The van der Waals surface area contributed by atoms with Gasteiger partial charge in [-0.15, -0.1) is 0 Å². The fourth-order valence-electron chi connectivity index (χ4n) is 2.12. The van der Waals surface area contributed by atoms with Gasteiger partial charge in [0.15, 0.2) is 11.5 Å². The van der Waals surface area contributed by atoms with Crippen molar-refractivity contribution in [3.8, 4) is 22.6 Å². The number of aryl methyl sites for hydroxylation is 1. The van der Waals surface area contributed by atoms with E-state index in [2.05, 4.69) is 0 Å². The van der Waals surface area contributed by atoms with Crippen molar-refractivity contribution in [2.75, 3.05) is 13.2 Å². The Morgan fingerprint density at radius 1 is 0.944 bits per heavy atom. The fourth-order valence-corrected chi connectivity index (χ4v) is 2.12. The van der Waals surface area contributed by atoms with Gasteiger partial charge < -0.3 is 9.47 Å². The normalized spacial score (nSPS) is 13.4. The maximum absolute atomic E-state index is 13.3. The van der Waals surface area contributed by atoms with Gasteiger partial charge in [-0.3, -0.25) is 0 Å². The molecule has 2 aromatic carbocycles. The Bertz CT molecular complexity index is 593. The van der Waals surface area contributed by atoms with Gasteiger partial charge in [0, 0.05) is 0 Å². The summed E-state index contributed by atoms with van der Waals surface area (Å²) in [7, 11) is 0. The van der Waals surface area contributed by atoms with Crippen molar-refractivity contribution in [2.24, 2.45) is 0 Å². The second-order valence-electron chi connectivity index (χ2n) is 4.32. The van der Waals surface area contributed by atoms with Crippen LogP contribution in [0, 0.1) is 12.7 Å². The van der Waals surface area contributed by atoms with E-state index in [1.165, 1.54) is 6.07 Å². The molecule has 0 amide bonds. The summed E-state index contributed by atoms with van der Waals surface area (Å²) in [5.41, 5.74) is 2.86. The Morgan fingerprint density at radius 2 is 1.72 bits per heavy atom. The summed E-state index contributed by atoms with van der Waals surface area (Å²) in [4.78, 5) is 0. The number of hydrogen-bond acceptors (Lipinski definition) is 2. The van der Waals surface area contributed by atoms with Gasteiger partial charge in [0.25, 0.3) is 0 Å². The lowest BCUT2D eigenvalue weighted by Gasteiger charge is -2.19. The summed E-state index contributed by atoms with van der Waals surface area (Å²) >= 11 is 0. The lowest BCUT2D eigenvalue weighted by Crippen LogP contribution is -2.15. The minimum Gasteiger partial charge on any atom is -0.486 e. The van der Waals surface area contributed by atoms with Crippen molar-refractivity contribution in [1.82, 2.24) is 0 Å². The summed E-state index contributed by atoms with van der Waals surface area (Å²) < 4.78 is 24.3. The zero-order valence-electron chi connectivity index (χ0n) is 10.1. The van der Waals surface area contributed by atoms with Crippen LogP contribution in [-0.4, -0.2) is 13.2 Å². The summed E-state index contributed by atoms with van der Waals surface area (Å²) in [5.74, 6) is 1.24. The first-order chi connectivity index (χ1) is 8.74. The highest BCUT2D eigenvalue weighted by molar-refractivity contribution is 5.70. The SMILES string of the molecule is Cc1ccc(F)cc1-c1ccc2c(c1)OCCO2. The predicted molar refractivity (Wildman–Crippen MR) is 67.6 cm³/mol. The summed E-state index contributed by atoms with van der Waals surface area (Å²) in [6.07, 6.45) is 0. The van der Waals surface area contributed by atoms with Crippen molar-refractivity contribution in [3.05, 3.63) is 47.8 Å². The highest BCUT2D eigenvalue weighted by Crippen LogP contribution is 2.35. The number of rotatable bonds is 1. The van der Waals surface area contributed by atoms with Gasteiger partial charge in [0.05, 0.1) is 0 Å². The minimum atomic E-state index is -0.231.